The Balaban J connectivity index is 3.23. The van der Waals surface area contributed by atoms with E-state index in [-0.39, 0.29) is 36.0 Å². The molecule has 74 valence electrons. The van der Waals surface area contributed by atoms with Crippen molar-refractivity contribution in [1.29, 1.82) is 0 Å². The largest absolute Gasteiger partial charge is 0.478 e. The van der Waals surface area contributed by atoms with E-state index in [9.17, 15) is 19.7 Å². The van der Waals surface area contributed by atoms with Crippen LogP contribution in [0.25, 0.3) is 0 Å². The van der Waals surface area contributed by atoms with Gasteiger partial charge in [0, 0.05) is 6.42 Å². The number of carboxylic acid groups (broad SMARTS) is 1. The summed E-state index contributed by atoms with van der Waals surface area (Å²) in [5.41, 5.74) is -0.924. The van der Waals surface area contributed by atoms with Gasteiger partial charge in [-0.05, 0) is 6.42 Å². The highest BCUT2D eigenvalue weighted by Crippen LogP contribution is 2.24. The number of nitro groups is 1. The van der Waals surface area contributed by atoms with E-state index in [1.54, 1.807) is 0 Å². The zero-order valence-electron chi connectivity index (χ0n) is 7.10. The molecule has 0 spiro atoms. The molecule has 0 radical (unpaired) electrons. The van der Waals surface area contributed by atoms with Crippen LogP contribution in [0.3, 0.4) is 0 Å². The molecule has 1 aliphatic rings. The molecule has 0 atom stereocenters. The number of rotatable bonds is 3. The minimum atomic E-state index is -1.31. The molecule has 0 aromatic heterocycles. The summed E-state index contributed by atoms with van der Waals surface area (Å²) in [6, 6.07) is 0. The van der Waals surface area contributed by atoms with Gasteiger partial charge in [0.1, 0.15) is 5.57 Å². The third-order valence-corrected chi connectivity index (χ3v) is 1.90. The van der Waals surface area contributed by atoms with E-state index in [1.807, 2.05) is 0 Å². The van der Waals surface area contributed by atoms with Crippen molar-refractivity contribution in [2.24, 2.45) is 0 Å². The SMILES string of the molecule is O=CC1=C([N+](=O)[O-])CCC=C1C(=O)O. The second-order valence-corrected chi connectivity index (χ2v) is 2.70. The highest BCUT2D eigenvalue weighted by atomic mass is 16.6. The molecular weight excluding hydrogens is 190 g/mol. The summed E-state index contributed by atoms with van der Waals surface area (Å²) in [4.78, 5) is 30.9. The Morgan fingerprint density at radius 2 is 2.29 bits per heavy atom. The van der Waals surface area contributed by atoms with Crippen molar-refractivity contribution in [3.63, 3.8) is 0 Å². The number of carbonyl (C=O) groups is 2. The third kappa shape index (κ3) is 1.68. The monoisotopic (exact) mass is 197 g/mol. The number of nitrogens with zero attached hydrogens (tertiary/aromatic N) is 1. The van der Waals surface area contributed by atoms with E-state index in [0.29, 0.717) is 0 Å². The van der Waals surface area contributed by atoms with Crippen molar-refractivity contribution >= 4 is 12.3 Å². The molecule has 1 aliphatic carbocycles. The zero-order chi connectivity index (χ0) is 10.7. The molecule has 0 fully saturated rings. The minimum absolute atomic E-state index is 0.0951. The molecule has 6 nitrogen and oxygen atoms in total. The van der Waals surface area contributed by atoms with Gasteiger partial charge in [-0.1, -0.05) is 6.08 Å². The summed E-state index contributed by atoms with van der Waals surface area (Å²) < 4.78 is 0. The van der Waals surface area contributed by atoms with Crippen LogP contribution in [0.5, 0.6) is 0 Å². The Morgan fingerprint density at radius 3 is 2.71 bits per heavy atom. The molecule has 0 aromatic rings. The van der Waals surface area contributed by atoms with E-state index < -0.39 is 10.9 Å². The maximum Gasteiger partial charge on any atom is 0.336 e. The topological polar surface area (TPSA) is 97.5 Å². The van der Waals surface area contributed by atoms with Crippen LogP contribution in [0, 0.1) is 10.1 Å². The van der Waals surface area contributed by atoms with Gasteiger partial charge in [-0.25, -0.2) is 4.79 Å². The Hall–Kier alpha value is -1.98. The lowest BCUT2D eigenvalue weighted by Gasteiger charge is -2.08. The van der Waals surface area contributed by atoms with Crippen LogP contribution in [0.2, 0.25) is 0 Å². The van der Waals surface area contributed by atoms with Crippen LogP contribution < -0.4 is 0 Å². The molecule has 14 heavy (non-hydrogen) atoms. The molecule has 1 rings (SSSR count). The van der Waals surface area contributed by atoms with Gasteiger partial charge in [0.15, 0.2) is 6.29 Å². The summed E-state index contributed by atoms with van der Waals surface area (Å²) in [6.07, 6.45) is 1.91. The van der Waals surface area contributed by atoms with Crippen LogP contribution in [-0.4, -0.2) is 22.3 Å². The maximum absolute atomic E-state index is 10.6. The lowest BCUT2D eigenvalue weighted by Crippen LogP contribution is -2.14. The predicted octanol–water partition coefficient (Wildman–Crippen LogP) is 0.521. The lowest BCUT2D eigenvalue weighted by molar-refractivity contribution is -0.428. The summed E-state index contributed by atoms with van der Waals surface area (Å²) in [5.74, 6) is -1.31. The van der Waals surface area contributed by atoms with E-state index in [0.717, 1.165) is 0 Å². The fourth-order valence-corrected chi connectivity index (χ4v) is 1.28. The van der Waals surface area contributed by atoms with E-state index in [2.05, 4.69) is 0 Å². The molecule has 0 saturated carbocycles. The number of aliphatic carboxylic acids is 1. The van der Waals surface area contributed by atoms with Gasteiger partial charge in [-0.2, -0.15) is 0 Å². The number of aldehydes is 1. The van der Waals surface area contributed by atoms with Gasteiger partial charge < -0.3 is 5.11 Å². The highest BCUT2D eigenvalue weighted by molar-refractivity contribution is 6.01. The van der Waals surface area contributed by atoms with Gasteiger partial charge in [0.25, 0.3) is 5.70 Å². The van der Waals surface area contributed by atoms with E-state index in [4.69, 9.17) is 5.11 Å². The van der Waals surface area contributed by atoms with Crippen molar-refractivity contribution in [2.75, 3.05) is 0 Å². The second kappa shape index (κ2) is 3.82. The van der Waals surface area contributed by atoms with Crippen molar-refractivity contribution in [2.45, 2.75) is 12.8 Å². The second-order valence-electron chi connectivity index (χ2n) is 2.70. The van der Waals surface area contributed by atoms with Crippen LogP contribution >= 0.6 is 0 Å². The minimum Gasteiger partial charge on any atom is -0.478 e. The van der Waals surface area contributed by atoms with E-state index >= 15 is 0 Å². The molecule has 0 saturated heterocycles. The molecule has 0 bridgehead atoms. The predicted molar refractivity (Wildman–Crippen MR) is 45.0 cm³/mol. The quantitative estimate of drug-likeness (QED) is 0.404. The number of hydrogen-bond donors (Lipinski definition) is 1. The average Bonchev–Trinajstić information content (AvgIpc) is 2.16. The van der Waals surface area contributed by atoms with Crippen molar-refractivity contribution in [3.8, 4) is 0 Å². The first-order valence-electron chi connectivity index (χ1n) is 3.84. The van der Waals surface area contributed by atoms with Crippen molar-refractivity contribution < 1.29 is 19.6 Å². The van der Waals surface area contributed by atoms with Crippen molar-refractivity contribution in [1.82, 2.24) is 0 Å². The average molecular weight is 197 g/mol. The normalized spacial score (nSPS) is 16.1. The summed E-state index contributed by atoms with van der Waals surface area (Å²) >= 11 is 0. The summed E-state index contributed by atoms with van der Waals surface area (Å²) in [7, 11) is 0. The third-order valence-electron chi connectivity index (χ3n) is 1.90. The molecule has 0 amide bonds. The van der Waals surface area contributed by atoms with Gasteiger partial charge in [-0.3, -0.25) is 14.9 Å². The zero-order valence-corrected chi connectivity index (χ0v) is 7.10. The first kappa shape index (κ1) is 10.1. The number of hydrogen-bond acceptors (Lipinski definition) is 4. The first-order chi connectivity index (χ1) is 6.57. The standard InChI is InChI=1S/C8H7NO5/c10-4-6-5(8(11)12)2-1-3-7(6)9(13)14/h2,4H,1,3H2,(H,11,12). The molecule has 1 N–H and O–H groups in total. The Bertz CT molecular complexity index is 366. The fraction of sp³-hybridized carbons (Fsp3) is 0.250. The summed E-state index contributed by atoms with van der Waals surface area (Å²) in [5, 5.41) is 19.1. The first-order valence-corrected chi connectivity index (χ1v) is 3.84. The Labute approximate surface area is 78.7 Å². The molecule has 6 heteroatoms. The number of carboxylic acids is 1. The Kier molecular flexibility index (Phi) is 2.76. The lowest BCUT2D eigenvalue weighted by atomic mass is 9.96. The molecule has 0 aromatic carbocycles. The van der Waals surface area contributed by atoms with Gasteiger partial charge in [0.05, 0.1) is 10.5 Å². The van der Waals surface area contributed by atoms with Gasteiger partial charge in [-0.15, -0.1) is 0 Å². The van der Waals surface area contributed by atoms with Crippen LogP contribution in [-0.2, 0) is 9.59 Å². The fourth-order valence-electron chi connectivity index (χ4n) is 1.28. The number of allylic oxidation sites excluding steroid dienone is 2. The van der Waals surface area contributed by atoms with Crippen LogP contribution in [0.15, 0.2) is 22.9 Å². The summed E-state index contributed by atoms with van der Waals surface area (Å²) in [6.45, 7) is 0. The van der Waals surface area contributed by atoms with Crippen LogP contribution in [0.1, 0.15) is 12.8 Å². The smallest absolute Gasteiger partial charge is 0.336 e. The van der Waals surface area contributed by atoms with Crippen LogP contribution in [0.4, 0.5) is 0 Å². The molecule has 0 heterocycles. The molecular formula is C8H7NO5. The number of carbonyl (C=O) groups excluding carboxylic acids is 1. The van der Waals surface area contributed by atoms with E-state index in [1.165, 1.54) is 6.08 Å². The van der Waals surface area contributed by atoms with Gasteiger partial charge >= 0.3 is 5.97 Å². The maximum atomic E-state index is 10.6. The van der Waals surface area contributed by atoms with Crippen molar-refractivity contribution in [3.05, 3.63) is 33.0 Å². The highest BCUT2D eigenvalue weighted by Gasteiger charge is 2.27. The Morgan fingerprint density at radius 1 is 1.64 bits per heavy atom. The molecule has 0 unspecified atom stereocenters. The van der Waals surface area contributed by atoms with Gasteiger partial charge in [0.2, 0.25) is 0 Å². The molecule has 0 aliphatic heterocycles.